The number of likely N-dealkylation sites (N-methyl/N-ethyl adjacent to an activating group) is 1. The highest BCUT2D eigenvalue weighted by atomic mass is 32.1. The van der Waals surface area contributed by atoms with Crippen LogP contribution in [0.5, 0.6) is 0 Å². The van der Waals surface area contributed by atoms with Gasteiger partial charge in [0, 0.05) is 53.1 Å². The van der Waals surface area contributed by atoms with E-state index >= 15 is 0 Å². The van der Waals surface area contributed by atoms with Crippen LogP contribution in [0.15, 0.2) is 94.0 Å². The van der Waals surface area contributed by atoms with Crippen molar-refractivity contribution in [2.75, 3.05) is 11.9 Å². The first-order valence-electron chi connectivity index (χ1n) is 12.3. The van der Waals surface area contributed by atoms with Crippen LogP contribution in [0.25, 0.3) is 11.3 Å². The molecular formula is C30H29N5O2S. The third kappa shape index (κ3) is 4.59. The molecule has 0 aliphatic carbocycles. The summed E-state index contributed by atoms with van der Waals surface area (Å²) in [6.07, 6.45) is 3.85. The Morgan fingerprint density at radius 2 is 1.76 bits per heavy atom. The SMILES string of the molecule is Cc1ccc(N=c2scc(-c3ccc([N+](=O)[O-])cc3)n2N=CC=C2N(C)c3ccccc3C2(C)C)c(C)c1. The van der Waals surface area contributed by atoms with Crippen LogP contribution >= 0.6 is 11.3 Å². The maximum Gasteiger partial charge on any atom is 0.269 e. The van der Waals surface area contributed by atoms with Gasteiger partial charge in [-0.2, -0.15) is 5.10 Å². The van der Waals surface area contributed by atoms with E-state index in [4.69, 9.17) is 10.1 Å². The lowest BCUT2D eigenvalue weighted by molar-refractivity contribution is -0.384. The Bertz CT molecular complexity index is 1660. The van der Waals surface area contributed by atoms with Gasteiger partial charge in [0.25, 0.3) is 5.69 Å². The first-order chi connectivity index (χ1) is 18.2. The van der Waals surface area contributed by atoms with Gasteiger partial charge < -0.3 is 4.90 Å². The molecule has 192 valence electrons. The average Bonchev–Trinajstić information content (AvgIpc) is 3.37. The van der Waals surface area contributed by atoms with Gasteiger partial charge >= 0.3 is 0 Å². The van der Waals surface area contributed by atoms with Crippen molar-refractivity contribution in [2.45, 2.75) is 33.1 Å². The molecule has 0 bridgehead atoms. The molecule has 7 nitrogen and oxygen atoms in total. The van der Waals surface area contributed by atoms with E-state index in [0.29, 0.717) is 4.80 Å². The summed E-state index contributed by atoms with van der Waals surface area (Å²) < 4.78 is 1.80. The number of hydrogen-bond donors (Lipinski definition) is 0. The van der Waals surface area contributed by atoms with E-state index in [1.165, 1.54) is 40.3 Å². The van der Waals surface area contributed by atoms with Crippen molar-refractivity contribution < 1.29 is 4.92 Å². The third-order valence-corrected chi connectivity index (χ3v) is 7.80. The lowest BCUT2D eigenvalue weighted by atomic mass is 9.84. The molecule has 4 aromatic rings. The number of allylic oxidation sites excluding steroid dienone is 2. The van der Waals surface area contributed by atoms with Gasteiger partial charge in [0.1, 0.15) is 0 Å². The summed E-state index contributed by atoms with van der Waals surface area (Å²) in [5, 5.41) is 18.0. The topological polar surface area (TPSA) is 76.0 Å². The van der Waals surface area contributed by atoms with Gasteiger partial charge in [0.05, 0.1) is 16.3 Å². The predicted molar refractivity (Wildman–Crippen MR) is 155 cm³/mol. The highest BCUT2D eigenvalue weighted by molar-refractivity contribution is 7.07. The summed E-state index contributed by atoms with van der Waals surface area (Å²) in [5.41, 5.74) is 8.28. The summed E-state index contributed by atoms with van der Waals surface area (Å²) in [4.78, 5) is 18.6. The number of nitro groups is 1. The van der Waals surface area contributed by atoms with Crippen molar-refractivity contribution in [3.8, 4) is 11.3 Å². The van der Waals surface area contributed by atoms with Crippen LogP contribution < -0.4 is 9.70 Å². The zero-order valence-electron chi connectivity index (χ0n) is 22.0. The van der Waals surface area contributed by atoms with Gasteiger partial charge in [-0.05, 0) is 55.3 Å². The third-order valence-electron chi connectivity index (χ3n) is 6.98. The first-order valence-corrected chi connectivity index (χ1v) is 13.2. The summed E-state index contributed by atoms with van der Waals surface area (Å²) in [5.74, 6) is 0. The molecule has 0 radical (unpaired) electrons. The number of nitro benzene ring substituents is 1. The zero-order valence-corrected chi connectivity index (χ0v) is 22.9. The Labute approximate surface area is 225 Å². The quantitative estimate of drug-likeness (QED) is 0.159. The molecule has 2 heterocycles. The lowest BCUT2D eigenvalue weighted by Crippen LogP contribution is -2.23. The van der Waals surface area contributed by atoms with Crippen molar-refractivity contribution in [3.63, 3.8) is 0 Å². The summed E-state index contributed by atoms with van der Waals surface area (Å²) in [7, 11) is 2.08. The molecule has 0 spiro atoms. The fourth-order valence-corrected chi connectivity index (χ4v) is 5.80. The van der Waals surface area contributed by atoms with Crippen molar-refractivity contribution in [3.05, 3.63) is 115 Å². The molecule has 0 fully saturated rings. The van der Waals surface area contributed by atoms with Gasteiger partial charge in [-0.3, -0.25) is 10.1 Å². The summed E-state index contributed by atoms with van der Waals surface area (Å²) in [6, 6.07) is 21.1. The Morgan fingerprint density at radius 1 is 1.03 bits per heavy atom. The standard InChI is InChI=1S/C30H29N5O2S/c1-20-10-15-25(21(2)18-20)32-29-34(27(19-38-29)22-11-13-23(14-12-22)35(36)37)31-17-16-28-30(3,4)24-8-6-7-9-26(24)33(28)5/h6-19H,1-5H3. The number of fused-ring (bicyclic) bond motifs is 1. The Balaban J connectivity index is 1.60. The molecule has 0 N–H and O–H groups in total. The molecule has 8 heteroatoms. The number of aromatic nitrogens is 1. The van der Waals surface area contributed by atoms with Crippen molar-refractivity contribution in [1.82, 2.24) is 4.68 Å². The molecule has 0 atom stereocenters. The minimum absolute atomic E-state index is 0.0509. The maximum absolute atomic E-state index is 11.2. The largest absolute Gasteiger partial charge is 0.347 e. The van der Waals surface area contributed by atoms with Crippen molar-refractivity contribution in [2.24, 2.45) is 10.1 Å². The minimum Gasteiger partial charge on any atom is -0.347 e. The van der Waals surface area contributed by atoms with Gasteiger partial charge in [0.2, 0.25) is 4.80 Å². The first kappa shape index (κ1) is 25.4. The van der Waals surface area contributed by atoms with Gasteiger partial charge in [-0.15, -0.1) is 11.3 Å². The van der Waals surface area contributed by atoms with Crippen LogP contribution in [0, 0.1) is 24.0 Å². The highest BCUT2D eigenvalue weighted by Gasteiger charge is 2.37. The maximum atomic E-state index is 11.2. The zero-order chi connectivity index (χ0) is 27.0. The monoisotopic (exact) mass is 523 g/mol. The van der Waals surface area contributed by atoms with Gasteiger partial charge in [0.15, 0.2) is 0 Å². The molecule has 0 unspecified atom stereocenters. The molecule has 0 saturated heterocycles. The average molecular weight is 524 g/mol. The molecule has 3 aromatic carbocycles. The molecular weight excluding hydrogens is 494 g/mol. The number of rotatable bonds is 5. The number of hydrogen-bond acceptors (Lipinski definition) is 6. The van der Waals surface area contributed by atoms with E-state index in [9.17, 15) is 10.1 Å². The number of nitrogens with zero attached hydrogens (tertiary/aromatic N) is 5. The second-order valence-electron chi connectivity index (χ2n) is 9.94. The number of thiazole rings is 1. The number of benzene rings is 3. The number of para-hydroxylation sites is 1. The van der Waals surface area contributed by atoms with Crippen LogP contribution in [0.3, 0.4) is 0 Å². The molecule has 1 aliphatic rings. The fourth-order valence-electron chi connectivity index (χ4n) is 4.95. The normalized spacial score (nSPS) is 16.0. The number of aryl methyl sites for hydroxylation is 2. The van der Waals surface area contributed by atoms with E-state index in [1.54, 1.807) is 16.8 Å². The van der Waals surface area contributed by atoms with Crippen LogP contribution in [-0.2, 0) is 5.41 Å². The number of non-ortho nitro benzene ring substituents is 1. The van der Waals surface area contributed by atoms with Crippen LogP contribution in [0.1, 0.15) is 30.5 Å². The van der Waals surface area contributed by atoms with Gasteiger partial charge in [-0.1, -0.05) is 49.7 Å². The van der Waals surface area contributed by atoms with Crippen LogP contribution in [-0.4, -0.2) is 22.9 Å². The molecule has 0 saturated carbocycles. The van der Waals surface area contributed by atoms with E-state index < -0.39 is 4.92 Å². The van der Waals surface area contributed by atoms with Crippen LogP contribution in [0.2, 0.25) is 0 Å². The highest BCUT2D eigenvalue weighted by Crippen LogP contribution is 2.46. The van der Waals surface area contributed by atoms with Gasteiger partial charge in [-0.25, -0.2) is 9.67 Å². The molecule has 5 rings (SSSR count). The molecule has 1 aromatic heterocycles. The lowest BCUT2D eigenvalue weighted by Gasteiger charge is -2.23. The van der Waals surface area contributed by atoms with Crippen molar-refractivity contribution in [1.29, 1.82) is 0 Å². The summed E-state index contributed by atoms with van der Waals surface area (Å²) in [6.45, 7) is 8.54. The smallest absolute Gasteiger partial charge is 0.269 e. The van der Waals surface area contributed by atoms with E-state index in [-0.39, 0.29) is 11.1 Å². The van der Waals surface area contributed by atoms with E-state index in [1.807, 2.05) is 36.7 Å². The second-order valence-corrected chi connectivity index (χ2v) is 10.8. The fraction of sp³-hybridized carbons (Fsp3) is 0.200. The number of anilines is 1. The predicted octanol–water partition coefficient (Wildman–Crippen LogP) is 7.12. The second kappa shape index (κ2) is 9.87. The van der Waals surface area contributed by atoms with Crippen LogP contribution in [0.4, 0.5) is 17.1 Å². The molecule has 38 heavy (non-hydrogen) atoms. The van der Waals surface area contributed by atoms with Crippen molar-refractivity contribution >= 4 is 34.6 Å². The van der Waals surface area contributed by atoms with E-state index in [0.717, 1.165) is 28.2 Å². The molecule has 0 amide bonds. The Hall–Kier alpha value is -4.30. The Morgan fingerprint density at radius 3 is 2.45 bits per heavy atom. The summed E-state index contributed by atoms with van der Waals surface area (Å²) >= 11 is 1.48. The minimum atomic E-state index is -0.394. The van der Waals surface area contributed by atoms with E-state index in [2.05, 4.69) is 63.1 Å². The molecule has 1 aliphatic heterocycles. The Kier molecular flexibility index (Phi) is 6.59.